The maximum absolute atomic E-state index is 12.0. The average molecular weight is 331 g/mol. The van der Waals surface area contributed by atoms with Crippen LogP contribution in [0.1, 0.15) is 40.5 Å². The molecule has 0 aromatic heterocycles. The summed E-state index contributed by atoms with van der Waals surface area (Å²) in [5.41, 5.74) is -0.720. The molecule has 0 aromatic rings. The fraction of sp³-hybridized carbons (Fsp3) is 0.714. The van der Waals surface area contributed by atoms with Crippen molar-refractivity contribution in [3.63, 3.8) is 0 Å². The maximum atomic E-state index is 12.0. The minimum Gasteiger partial charge on any atom is -0.480 e. The summed E-state index contributed by atoms with van der Waals surface area (Å²) in [4.78, 5) is 47.4. The third-order valence-electron chi connectivity index (χ3n) is 2.90. The van der Waals surface area contributed by atoms with Gasteiger partial charge in [0.15, 0.2) is 5.12 Å². The molecule has 1 unspecified atom stereocenters. The van der Waals surface area contributed by atoms with E-state index in [1.165, 1.54) is 6.92 Å². The van der Waals surface area contributed by atoms with E-state index in [1.807, 2.05) is 0 Å². The molecule has 0 aliphatic carbocycles. The number of esters is 1. The van der Waals surface area contributed by atoms with Gasteiger partial charge in [-0.1, -0.05) is 11.8 Å². The normalized spacial score (nSPS) is 19.9. The molecule has 1 amide bonds. The molecule has 0 bridgehead atoms. The lowest BCUT2D eigenvalue weighted by molar-refractivity contribution is -0.161. The van der Waals surface area contributed by atoms with Crippen molar-refractivity contribution >= 4 is 34.7 Å². The van der Waals surface area contributed by atoms with Crippen LogP contribution in [0.4, 0.5) is 0 Å². The first-order chi connectivity index (χ1) is 9.99. The molecule has 0 spiro atoms. The van der Waals surface area contributed by atoms with Crippen LogP contribution in [0.3, 0.4) is 0 Å². The summed E-state index contributed by atoms with van der Waals surface area (Å²) in [6.45, 7) is 6.58. The summed E-state index contributed by atoms with van der Waals surface area (Å²) in [5.74, 6) is -2.29. The molecule has 1 N–H and O–H groups in total. The Hall–Kier alpha value is -1.57. The first kappa shape index (κ1) is 18.5. The van der Waals surface area contributed by atoms with Crippen LogP contribution < -0.4 is 0 Å². The number of amides is 1. The van der Waals surface area contributed by atoms with E-state index in [0.29, 0.717) is 0 Å². The Labute approximate surface area is 133 Å². The van der Waals surface area contributed by atoms with Gasteiger partial charge in [-0.2, -0.15) is 0 Å². The van der Waals surface area contributed by atoms with Gasteiger partial charge in [0.2, 0.25) is 5.91 Å². The number of aliphatic carboxylic acids is 1. The van der Waals surface area contributed by atoms with E-state index in [9.17, 15) is 24.3 Å². The Morgan fingerprint density at radius 3 is 2.45 bits per heavy atom. The SMILES string of the molecule is CC(=O)SC1CC(=O)N([C@@H](CC(=O)OC(C)(C)C)C(=O)O)C1. The third kappa shape index (κ3) is 5.67. The lowest BCUT2D eigenvalue weighted by Crippen LogP contribution is -2.44. The van der Waals surface area contributed by atoms with Crippen molar-refractivity contribution in [2.24, 2.45) is 0 Å². The van der Waals surface area contributed by atoms with Gasteiger partial charge in [-0.15, -0.1) is 0 Å². The zero-order valence-electron chi connectivity index (χ0n) is 13.1. The number of carboxylic acid groups (broad SMARTS) is 1. The second-order valence-corrected chi connectivity index (χ2v) is 7.60. The second-order valence-electron chi connectivity index (χ2n) is 6.13. The van der Waals surface area contributed by atoms with Gasteiger partial charge in [-0.3, -0.25) is 14.4 Å². The van der Waals surface area contributed by atoms with E-state index >= 15 is 0 Å². The number of rotatable bonds is 5. The first-order valence-corrected chi connectivity index (χ1v) is 7.79. The Bertz CT molecular complexity index is 484. The molecule has 0 radical (unpaired) electrons. The fourth-order valence-corrected chi connectivity index (χ4v) is 3.11. The van der Waals surface area contributed by atoms with Crippen molar-refractivity contribution < 1.29 is 29.0 Å². The Morgan fingerprint density at radius 2 is 2.00 bits per heavy atom. The van der Waals surface area contributed by atoms with E-state index < -0.39 is 30.0 Å². The lowest BCUT2D eigenvalue weighted by atomic mass is 10.1. The van der Waals surface area contributed by atoms with Gasteiger partial charge < -0.3 is 14.7 Å². The molecule has 8 heteroatoms. The molecule has 0 aromatic carbocycles. The monoisotopic (exact) mass is 331 g/mol. The zero-order valence-corrected chi connectivity index (χ0v) is 13.9. The number of ether oxygens (including phenoxy) is 1. The molecule has 1 heterocycles. The summed E-state index contributed by atoms with van der Waals surface area (Å²) in [6.07, 6.45) is -0.307. The highest BCUT2D eigenvalue weighted by molar-refractivity contribution is 8.14. The largest absolute Gasteiger partial charge is 0.480 e. The smallest absolute Gasteiger partial charge is 0.327 e. The van der Waals surface area contributed by atoms with Gasteiger partial charge in [-0.05, 0) is 20.8 Å². The van der Waals surface area contributed by atoms with Crippen LogP contribution in [0.5, 0.6) is 0 Å². The topological polar surface area (TPSA) is 101 Å². The minimum atomic E-state index is -1.26. The first-order valence-electron chi connectivity index (χ1n) is 6.91. The number of hydrogen-bond acceptors (Lipinski definition) is 6. The molecule has 1 aliphatic heterocycles. The van der Waals surface area contributed by atoms with Crippen LogP contribution in [-0.4, -0.2) is 56.4 Å². The number of thioether (sulfide) groups is 1. The number of carboxylic acids is 1. The molecule has 1 saturated heterocycles. The fourth-order valence-electron chi connectivity index (χ4n) is 2.18. The van der Waals surface area contributed by atoms with Crippen LogP contribution in [0.15, 0.2) is 0 Å². The molecule has 1 aliphatic rings. The van der Waals surface area contributed by atoms with Crippen LogP contribution in [-0.2, 0) is 23.9 Å². The average Bonchev–Trinajstić information content (AvgIpc) is 2.63. The number of nitrogens with zero attached hydrogens (tertiary/aromatic N) is 1. The molecule has 22 heavy (non-hydrogen) atoms. The predicted octanol–water partition coefficient (Wildman–Crippen LogP) is 1.05. The summed E-state index contributed by atoms with van der Waals surface area (Å²) >= 11 is 1.02. The minimum absolute atomic E-state index is 0.0995. The standard InChI is InChI=1S/C14H21NO6S/c1-8(16)22-9-5-11(17)15(7-9)10(13(19)20)6-12(18)21-14(2,3)4/h9-10H,5-7H2,1-4H3,(H,19,20)/t9?,10-/m0/s1. The summed E-state index contributed by atoms with van der Waals surface area (Å²) < 4.78 is 5.11. The number of carbonyl (C=O) groups is 4. The molecule has 1 rings (SSSR count). The van der Waals surface area contributed by atoms with Gasteiger partial charge in [0.25, 0.3) is 0 Å². The summed E-state index contributed by atoms with van der Waals surface area (Å²) in [6, 6.07) is -1.26. The molecule has 7 nitrogen and oxygen atoms in total. The van der Waals surface area contributed by atoms with Gasteiger partial charge in [-0.25, -0.2) is 4.79 Å². The summed E-state index contributed by atoms with van der Waals surface area (Å²) in [5, 5.41) is 8.89. The Kier molecular flexibility index (Phi) is 5.99. The van der Waals surface area contributed by atoms with E-state index in [4.69, 9.17) is 4.74 Å². The Balaban J connectivity index is 2.75. The quantitative estimate of drug-likeness (QED) is 0.751. The number of likely N-dealkylation sites (tertiary alicyclic amines) is 1. The van der Waals surface area contributed by atoms with Gasteiger partial charge in [0, 0.05) is 25.1 Å². The van der Waals surface area contributed by atoms with E-state index in [0.717, 1.165) is 16.7 Å². The molecule has 0 saturated carbocycles. The third-order valence-corrected chi connectivity index (χ3v) is 3.88. The highest BCUT2D eigenvalue weighted by Gasteiger charge is 2.40. The van der Waals surface area contributed by atoms with Crippen LogP contribution >= 0.6 is 11.8 Å². The van der Waals surface area contributed by atoms with Crippen molar-refractivity contribution in [1.29, 1.82) is 0 Å². The van der Waals surface area contributed by atoms with E-state index in [-0.39, 0.29) is 29.2 Å². The van der Waals surface area contributed by atoms with Gasteiger partial charge in [0.1, 0.15) is 11.6 Å². The zero-order chi connectivity index (χ0) is 17.1. The number of carbonyl (C=O) groups excluding carboxylic acids is 3. The van der Waals surface area contributed by atoms with E-state index in [2.05, 4.69) is 0 Å². The summed E-state index contributed by atoms with van der Waals surface area (Å²) in [7, 11) is 0. The van der Waals surface area contributed by atoms with E-state index in [1.54, 1.807) is 20.8 Å². The van der Waals surface area contributed by atoms with Crippen LogP contribution in [0, 0.1) is 0 Å². The lowest BCUT2D eigenvalue weighted by Gasteiger charge is -2.26. The molecular formula is C14H21NO6S. The van der Waals surface area contributed by atoms with Crippen molar-refractivity contribution in [2.75, 3.05) is 6.54 Å². The second kappa shape index (κ2) is 7.13. The van der Waals surface area contributed by atoms with Gasteiger partial charge in [0.05, 0.1) is 6.42 Å². The molecular weight excluding hydrogens is 310 g/mol. The highest BCUT2D eigenvalue weighted by atomic mass is 32.2. The predicted molar refractivity (Wildman–Crippen MR) is 80.3 cm³/mol. The highest BCUT2D eigenvalue weighted by Crippen LogP contribution is 2.27. The van der Waals surface area contributed by atoms with Crippen molar-refractivity contribution in [3.05, 3.63) is 0 Å². The van der Waals surface area contributed by atoms with Crippen LogP contribution in [0.2, 0.25) is 0 Å². The molecule has 2 atom stereocenters. The van der Waals surface area contributed by atoms with Crippen molar-refractivity contribution in [1.82, 2.24) is 4.90 Å². The van der Waals surface area contributed by atoms with Crippen molar-refractivity contribution in [3.8, 4) is 0 Å². The van der Waals surface area contributed by atoms with Crippen molar-refractivity contribution in [2.45, 2.75) is 57.4 Å². The molecule has 124 valence electrons. The number of hydrogen-bond donors (Lipinski definition) is 1. The van der Waals surface area contributed by atoms with Gasteiger partial charge >= 0.3 is 11.9 Å². The molecule has 1 fully saturated rings. The van der Waals surface area contributed by atoms with Crippen LogP contribution in [0.25, 0.3) is 0 Å². The maximum Gasteiger partial charge on any atom is 0.327 e. The Morgan fingerprint density at radius 1 is 1.41 bits per heavy atom.